The summed E-state index contributed by atoms with van der Waals surface area (Å²) in [4.78, 5) is 17.4. The van der Waals surface area contributed by atoms with E-state index in [0.29, 0.717) is 17.3 Å². The minimum absolute atomic E-state index is 0.0358. The number of halogens is 1. The summed E-state index contributed by atoms with van der Waals surface area (Å²) in [7, 11) is 0. The van der Waals surface area contributed by atoms with E-state index in [2.05, 4.69) is 10.3 Å². The molecule has 6 heteroatoms. The zero-order valence-corrected chi connectivity index (χ0v) is 13.5. The first-order chi connectivity index (χ1) is 11.0. The zero-order chi connectivity index (χ0) is 16.4. The van der Waals surface area contributed by atoms with Gasteiger partial charge in [-0.05, 0) is 43.0 Å². The molecule has 2 aromatic heterocycles. The van der Waals surface area contributed by atoms with Crippen LogP contribution >= 0.6 is 11.3 Å². The van der Waals surface area contributed by atoms with E-state index in [1.165, 1.54) is 17.4 Å². The van der Waals surface area contributed by atoms with Crippen molar-refractivity contribution in [2.75, 3.05) is 5.32 Å². The van der Waals surface area contributed by atoms with Crippen LogP contribution in [0.5, 0.6) is 0 Å². The molecule has 0 bridgehead atoms. The monoisotopic (exact) mass is 330 g/mol. The molecule has 0 atom stereocenters. The highest BCUT2D eigenvalue weighted by Crippen LogP contribution is 2.26. The maximum atomic E-state index is 13.7. The summed E-state index contributed by atoms with van der Waals surface area (Å²) >= 11 is 1.52. The van der Waals surface area contributed by atoms with Crippen molar-refractivity contribution in [3.05, 3.63) is 58.5 Å². The standard InChI is InChI=1S/C17H15FN2O2S/c1-10-5-6-12(18)14(8-10)19-16(21)9-13-11(2)22-17(20-13)15-4-3-7-23-15/h3-8H,9H2,1-2H3,(H,19,21). The molecule has 0 aliphatic rings. The van der Waals surface area contributed by atoms with Crippen molar-refractivity contribution in [3.63, 3.8) is 0 Å². The Labute approximate surface area is 137 Å². The number of hydrogen-bond donors (Lipinski definition) is 1. The lowest BCUT2D eigenvalue weighted by molar-refractivity contribution is -0.115. The third-order valence-corrected chi connectivity index (χ3v) is 4.21. The van der Waals surface area contributed by atoms with Crippen LogP contribution in [0, 0.1) is 19.7 Å². The number of anilines is 1. The second-order valence-corrected chi connectivity index (χ2v) is 6.16. The van der Waals surface area contributed by atoms with Crippen molar-refractivity contribution >= 4 is 22.9 Å². The second kappa shape index (κ2) is 6.34. The van der Waals surface area contributed by atoms with Crippen LogP contribution in [0.3, 0.4) is 0 Å². The van der Waals surface area contributed by atoms with Gasteiger partial charge in [-0.1, -0.05) is 12.1 Å². The molecule has 118 valence electrons. The number of nitrogens with one attached hydrogen (secondary N) is 1. The molecule has 23 heavy (non-hydrogen) atoms. The molecule has 0 aliphatic carbocycles. The third kappa shape index (κ3) is 3.48. The molecule has 3 rings (SSSR count). The number of nitrogens with zero attached hydrogens (tertiary/aromatic N) is 1. The van der Waals surface area contributed by atoms with Crippen LogP contribution in [-0.4, -0.2) is 10.9 Å². The zero-order valence-electron chi connectivity index (χ0n) is 12.7. The van der Waals surface area contributed by atoms with Crippen molar-refractivity contribution in [2.24, 2.45) is 0 Å². The normalized spacial score (nSPS) is 10.7. The van der Waals surface area contributed by atoms with E-state index in [1.54, 1.807) is 19.1 Å². The number of carbonyl (C=O) groups excluding carboxylic acids is 1. The van der Waals surface area contributed by atoms with Crippen LogP contribution in [0.25, 0.3) is 10.8 Å². The molecular weight excluding hydrogens is 315 g/mol. The van der Waals surface area contributed by atoms with E-state index in [4.69, 9.17) is 4.42 Å². The predicted octanol–water partition coefficient (Wildman–Crippen LogP) is 4.34. The lowest BCUT2D eigenvalue weighted by Crippen LogP contribution is -2.16. The molecule has 1 aromatic carbocycles. The van der Waals surface area contributed by atoms with Crippen molar-refractivity contribution < 1.29 is 13.6 Å². The topological polar surface area (TPSA) is 55.1 Å². The van der Waals surface area contributed by atoms with Crippen LogP contribution in [0.2, 0.25) is 0 Å². The van der Waals surface area contributed by atoms with Gasteiger partial charge in [-0.25, -0.2) is 9.37 Å². The first-order valence-corrected chi connectivity index (χ1v) is 7.97. The van der Waals surface area contributed by atoms with E-state index in [-0.39, 0.29) is 18.0 Å². The van der Waals surface area contributed by atoms with E-state index in [0.717, 1.165) is 10.4 Å². The molecule has 0 fully saturated rings. The van der Waals surface area contributed by atoms with Crippen LogP contribution < -0.4 is 5.32 Å². The number of aryl methyl sites for hydroxylation is 2. The third-order valence-electron chi connectivity index (χ3n) is 3.35. The quantitative estimate of drug-likeness (QED) is 0.774. The fourth-order valence-corrected chi connectivity index (χ4v) is 2.83. The highest BCUT2D eigenvalue weighted by Gasteiger charge is 2.16. The Morgan fingerprint density at radius 2 is 2.17 bits per heavy atom. The molecule has 3 aromatic rings. The first kappa shape index (κ1) is 15.4. The Balaban J connectivity index is 1.74. The van der Waals surface area contributed by atoms with Gasteiger partial charge < -0.3 is 9.73 Å². The van der Waals surface area contributed by atoms with E-state index < -0.39 is 5.82 Å². The summed E-state index contributed by atoms with van der Waals surface area (Å²) in [6.45, 7) is 3.60. The molecule has 0 unspecified atom stereocenters. The highest BCUT2D eigenvalue weighted by atomic mass is 32.1. The summed E-state index contributed by atoms with van der Waals surface area (Å²) in [5.41, 5.74) is 1.60. The van der Waals surface area contributed by atoms with Gasteiger partial charge in [0.15, 0.2) is 0 Å². The molecule has 0 saturated heterocycles. The molecule has 0 saturated carbocycles. The summed E-state index contributed by atoms with van der Waals surface area (Å²) in [6.07, 6.45) is 0.0358. The smallest absolute Gasteiger partial charge is 0.236 e. The molecule has 1 amide bonds. The predicted molar refractivity (Wildman–Crippen MR) is 88.0 cm³/mol. The molecule has 0 aliphatic heterocycles. The van der Waals surface area contributed by atoms with Crippen molar-refractivity contribution in [3.8, 4) is 10.8 Å². The van der Waals surface area contributed by atoms with Crippen molar-refractivity contribution in [2.45, 2.75) is 20.3 Å². The number of thiophene rings is 1. The van der Waals surface area contributed by atoms with E-state index >= 15 is 0 Å². The summed E-state index contributed by atoms with van der Waals surface area (Å²) < 4.78 is 19.3. The Hall–Kier alpha value is -2.47. The Morgan fingerprint density at radius 3 is 2.91 bits per heavy atom. The largest absolute Gasteiger partial charge is 0.440 e. The van der Waals surface area contributed by atoms with Gasteiger partial charge in [0.25, 0.3) is 0 Å². The number of rotatable bonds is 4. The van der Waals surface area contributed by atoms with Gasteiger partial charge >= 0.3 is 0 Å². The summed E-state index contributed by atoms with van der Waals surface area (Å²) in [5, 5.41) is 4.51. The Kier molecular flexibility index (Phi) is 4.25. The average Bonchev–Trinajstić information content (AvgIpc) is 3.13. The maximum Gasteiger partial charge on any atom is 0.236 e. The summed E-state index contributed by atoms with van der Waals surface area (Å²) in [6, 6.07) is 8.40. The van der Waals surface area contributed by atoms with E-state index in [1.807, 2.05) is 24.4 Å². The van der Waals surface area contributed by atoms with Crippen LogP contribution in [0.15, 0.2) is 40.1 Å². The van der Waals surface area contributed by atoms with Gasteiger partial charge in [-0.2, -0.15) is 0 Å². The molecular formula is C17H15FN2O2S. The Bertz CT molecular complexity index is 840. The maximum absolute atomic E-state index is 13.7. The fraction of sp³-hybridized carbons (Fsp3) is 0.176. The molecule has 0 radical (unpaired) electrons. The average molecular weight is 330 g/mol. The molecule has 2 heterocycles. The van der Waals surface area contributed by atoms with Gasteiger partial charge in [0.1, 0.15) is 11.6 Å². The van der Waals surface area contributed by atoms with E-state index in [9.17, 15) is 9.18 Å². The van der Waals surface area contributed by atoms with Crippen LogP contribution in [0.1, 0.15) is 17.0 Å². The number of amides is 1. The van der Waals surface area contributed by atoms with Crippen LogP contribution in [0.4, 0.5) is 10.1 Å². The number of benzene rings is 1. The Morgan fingerprint density at radius 1 is 1.35 bits per heavy atom. The molecule has 0 spiro atoms. The minimum Gasteiger partial charge on any atom is -0.440 e. The first-order valence-electron chi connectivity index (χ1n) is 7.09. The molecule has 4 nitrogen and oxygen atoms in total. The lowest BCUT2D eigenvalue weighted by Gasteiger charge is -2.06. The number of aromatic nitrogens is 1. The van der Waals surface area contributed by atoms with Crippen molar-refractivity contribution in [1.82, 2.24) is 4.98 Å². The SMILES string of the molecule is Cc1ccc(F)c(NC(=O)Cc2nc(-c3cccs3)oc2C)c1. The summed E-state index contributed by atoms with van der Waals surface area (Å²) in [5.74, 6) is 0.305. The fourth-order valence-electron chi connectivity index (χ4n) is 2.18. The minimum atomic E-state index is -0.458. The van der Waals surface area contributed by atoms with Gasteiger partial charge in [0, 0.05) is 0 Å². The van der Waals surface area contributed by atoms with Crippen LogP contribution in [-0.2, 0) is 11.2 Å². The number of carbonyl (C=O) groups is 1. The highest BCUT2D eigenvalue weighted by molar-refractivity contribution is 7.13. The van der Waals surface area contributed by atoms with Gasteiger partial charge in [0.05, 0.1) is 22.7 Å². The second-order valence-electron chi connectivity index (χ2n) is 5.21. The number of hydrogen-bond acceptors (Lipinski definition) is 4. The number of oxazole rings is 1. The lowest BCUT2D eigenvalue weighted by atomic mass is 10.2. The van der Waals surface area contributed by atoms with Gasteiger partial charge in [0.2, 0.25) is 11.8 Å². The van der Waals surface area contributed by atoms with Crippen molar-refractivity contribution in [1.29, 1.82) is 0 Å². The van der Waals surface area contributed by atoms with Gasteiger partial charge in [-0.3, -0.25) is 4.79 Å². The van der Waals surface area contributed by atoms with Gasteiger partial charge in [-0.15, -0.1) is 11.3 Å². The molecule has 1 N–H and O–H groups in total.